The molecule has 0 bridgehead atoms. The molecule has 2 N–H and O–H groups in total. The minimum atomic E-state index is 0.374. The molecular formula is C14H19N3S. The summed E-state index contributed by atoms with van der Waals surface area (Å²) >= 11 is 4.94. The van der Waals surface area contributed by atoms with Gasteiger partial charge in [-0.3, -0.25) is 4.98 Å². The topological polar surface area (TPSA) is 42.1 Å². The second kappa shape index (κ2) is 4.84. The van der Waals surface area contributed by atoms with Gasteiger partial charge in [-0.15, -0.1) is 0 Å². The lowest BCUT2D eigenvalue weighted by molar-refractivity contribution is 0.362. The second-order valence-electron chi connectivity index (χ2n) is 5.36. The minimum absolute atomic E-state index is 0.374. The van der Waals surface area contributed by atoms with Gasteiger partial charge in [0.15, 0.2) is 0 Å². The molecule has 2 atom stereocenters. The van der Waals surface area contributed by atoms with E-state index in [0.717, 1.165) is 18.5 Å². The first kappa shape index (κ1) is 11.9. The summed E-state index contributed by atoms with van der Waals surface area (Å²) in [6.45, 7) is 1.16. The lowest BCUT2D eigenvalue weighted by Gasteiger charge is -2.39. The highest BCUT2D eigenvalue weighted by Crippen LogP contribution is 2.38. The van der Waals surface area contributed by atoms with Crippen molar-refractivity contribution in [2.24, 2.45) is 11.7 Å². The molecule has 1 saturated heterocycles. The van der Waals surface area contributed by atoms with Crippen molar-refractivity contribution in [1.82, 2.24) is 4.98 Å². The maximum absolute atomic E-state index is 5.58. The zero-order chi connectivity index (χ0) is 12.5. The van der Waals surface area contributed by atoms with Crippen molar-refractivity contribution in [2.45, 2.75) is 38.1 Å². The van der Waals surface area contributed by atoms with E-state index in [1.807, 2.05) is 12.3 Å². The molecule has 1 aliphatic heterocycles. The Morgan fingerprint density at radius 1 is 1.28 bits per heavy atom. The average molecular weight is 261 g/mol. The van der Waals surface area contributed by atoms with Gasteiger partial charge in [0.25, 0.3) is 0 Å². The fourth-order valence-electron chi connectivity index (χ4n) is 3.48. The van der Waals surface area contributed by atoms with Crippen molar-refractivity contribution in [3.05, 3.63) is 24.0 Å². The summed E-state index contributed by atoms with van der Waals surface area (Å²) in [5, 5.41) is 0. The van der Waals surface area contributed by atoms with Crippen LogP contribution >= 0.6 is 12.2 Å². The van der Waals surface area contributed by atoms with Crippen LogP contribution in [-0.2, 0) is 0 Å². The second-order valence-corrected chi connectivity index (χ2v) is 5.80. The first-order valence-electron chi connectivity index (χ1n) is 6.78. The van der Waals surface area contributed by atoms with Crippen molar-refractivity contribution in [3.8, 4) is 0 Å². The van der Waals surface area contributed by atoms with Gasteiger partial charge in [0.05, 0.1) is 17.6 Å². The summed E-state index contributed by atoms with van der Waals surface area (Å²) in [6.07, 6.45) is 8.75. The van der Waals surface area contributed by atoms with E-state index < -0.39 is 0 Å². The third-order valence-electron chi connectivity index (χ3n) is 4.33. The molecule has 0 radical (unpaired) electrons. The first-order valence-corrected chi connectivity index (χ1v) is 7.19. The Morgan fingerprint density at radius 3 is 2.83 bits per heavy atom. The van der Waals surface area contributed by atoms with Gasteiger partial charge < -0.3 is 10.6 Å². The van der Waals surface area contributed by atoms with Crippen LogP contribution in [0, 0.1) is 5.92 Å². The maximum Gasteiger partial charge on any atom is 0.122 e. The van der Waals surface area contributed by atoms with Crippen LogP contribution in [0.25, 0.3) is 0 Å². The number of aromatic nitrogens is 1. The van der Waals surface area contributed by atoms with Crippen LogP contribution in [0.15, 0.2) is 18.3 Å². The van der Waals surface area contributed by atoms with Crippen LogP contribution in [0.1, 0.15) is 37.8 Å². The summed E-state index contributed by atoms with van der Waals surface area (Å²) in [6, 6.07) is 4.79. The standard InChI is InChI=1S/C14H19N3S/c15-14(18)12-7-6-11(9-16-12)17-8-2-4-10-3-1-5-13(10)17/h6-7,9-10,13H,1-5,8H2,(H2,15,18). The Hall–Kier alpha value is -1.16. The van der Waals surface area contributed by atoms with Crippen LogP contribution in [0.3, 0.4) is 0 Å². The smallest absolute Gasteiger partial charge is 0.122 e. The molecule has 3 rings (SSSR count). The number of hydrogen-bond donors (Lipinski definition) is 1. The van der Waals surface area contributed by atoms with Crippen LogP contribution in [0.4, 0.5) is 5.69 Å². The Labute approximate surface area is 113 Å². The van der Waals surface area contributed by atoms with E-state index >= 15 is 0 Å². The van der Waals surface area contributed by atoms with E-state index in [4.69, 9.17) is 18.0 Å². The Kier molecular flexibility index (Phi) is 3.20. The van der Waals surface area contributed by atoms with Gasteiger partial charge in [0.1, 0.15) is 4.99 Å². The summed E-state index contributed by atoms with van der Waals surface area (Å²) in [7, 11) is 0. The zero-order valence-corrected chi connectivity index (χ0v) is 11.3. The van der Waals surface area contributed by atoms with Crippen molar-refractivity contribution >= 4 is 22.9 Å². The molecule has 1 saturated carbocycles. The molecule has 2 aliphatic rings. The predicted octanol–water partition coefficient (Wildman–Crippen LogP) is 2.48. The highest BCUT2D eigenvalue weighted by Gasteiger charge is 2.35. The Balaban J connectivity index is 1.82. The molecule has 0 spiro atoms. The van der Waals surface area contributed by atoms with Crippen molar-refractivity contribution in [1.29, 1.82) is 0 Å². The number of pyridine rings is 1. The van der Waals surface area contributed by atoms with E-state index in [9.17, 15) is 0 Å². The SMILES string of the molecule is NC(=S)c1ccc(N2CCCC3CCCC32)cn1. The molecule has 0 aromatic carbocycles. The van der Waals surface area contributed by atoms with E-state index in [1.165, 1.54) is 37.8 Å². The molecule has 2 unspecified atom stereocenters. The number of fused-ring (bicyclic) bond motifs is 1. The van der Waals surface area contributed by atoms with Gasteiger partial charge in [0, 0.05) is 12.6 Å². The summed E-state index contributed by atoms with van der Waals surface area (Å²) in [5.41, 5.74) is 7.53. The molecule has 3 nitrogen and oxygen atoms in total. The molecule has 4 heteroatoms. The average Bonchev–Trinajstić information content (AvgIpc) is 2.87. The van der Waals surface area contributed by atoms with Gasteiger partial charge in [-0.05, 0) is 43.7 Å². The molecule has 2 heterocycles. The zero-order valence-electron chi connectivity index (χ0n) is 10.5. The summed E-state index contributed by atoms with van der Waals surface area (Å²) in [4.78, 5) is 7.27. The molecule has 1 aromatic heterocycles. The molecular weight excluding hydrogens is 242 g/mol. The van der Waals surface area contributed by atoms with Gasteiger partial charge in [0.2, 0.25) is 0 Å². The number of thiocarbonyl (C=S) groups is 1. The number of rotatable bonds is 2. The largest absolute Gasteiger partial charge is 0.388 e. The highest BCUT2D eigenvalue weighted by molar-refractivity contribution is 7.80. The first-order chi connectivity index (χ1) is 8.75. The van der Waals surface area contributed by atoms with Crippen molar-refractivity contribution < 1.29 is 0 Å². The predicted molar refractivity (Wildman–Crippen MR) is 77.8 cm³/mol. The van der Waals surface area contributed by atoms with E-state index in [0.29, 0.717) is 10.7 Å². The fraction of sp³-hybridized carbons (Fsp3) is 0.571. The van der Waals surface area contributed by atoms with E-state index in [2.05, 4.69) is 16.0 Å². The Morgan fingerprint density at radius 2 is 2.11 bits per heavy atom. The molecule has 18 heavy (non-hydrogen) atoms. The number of nitrogens with zero attached hydrogens (tertiary/aromatic N) is 2. The number of anilines is 1. The quantitative estimate of drug-likeness (QED) is 0.831. The van der Waals surface area contributed by atoms with Crippen LogP contribution in [-0.4, -0.2) is 22.6 Å². The molecule has 96 valence electrons. The number of piperidine rings is 1. The third-order valence-corrected chi connectivity index (χ3v) is 4.53. The highest BCUT2D eigenvalue weighted by atomic mass is 32.1. The monoisotopic (exact) mass is 261 g/mol. The fourth-order valence-corrected chi connectivity index (χ4v) is 3.60. The van der Waals surface area contributed by atoms with Crippen molar-refractivity contribution in [2.75, 3.05) is 11.4 Å². The molecule has 2 fully saturated rings. The number of hydrogen-bond acceptors (Lipinski definition) is 3. The lowest BCUT2D eigenvalue weighted by atomic mass is 9.91. The normalized spacial score (nSPS) is 27.0. The Bertz CT molecular complexity index is 443. The third kappa shape index (κ3) is 2.09. The van der Waals surface area contributed by atoms with Gasteiger partial charge in [-0.2, -0.15) is 0 Å². The van der Waals surface area contributed by atoms with Gasteiger partial charge >= 0.3 is 0 Å². The maximum atomic E-state index is 5.58. The van der Waals surface area contributed by atoms with Crippen LogP contribution < -0.4 is 10.6 Å². The van der Waals surface area contributed by atoms with E-state index in [-0.39, 0.29) is 0 Å². The number of nitrogens with two attached hydrogens (primary N) is 1. The minimum Gasteiger partial charge on any atom is -0.388 e. The summed E-state index contributed by atoms with van der Waals surface area (Å²) < 4.78 is 0. The molecule has 0 amide bonds. The van der Waals surface area contributed by atoms with E-state index in [1.54, 1.807) is 0 Å². The molecule has 1 aliphatic carbocycles. The van der Waals surface area contributed by atoms with Gasteiger partial charge in [-0.1, -0.05) is 18.6 Å². The van der Waals surface area contributed by atoms with Crippen LogP contribution in [0.2, 0.25) is 0 Å². The van der Waals surface area contributed by atoms with Gasteiger partial charge in [-0.25, -0.2) is 0 Å². The van der Waals surface area contributed by atoms with Crippen molar-refractivity contribution in [3.63, 3.8) is 0 Å². The summed E-state index contributed by atoms with van der Waals surface area (Å²) in [5.74, 6) is 0.897. The lowest BCUT2D eigenvalue weighted by Crippen LogP contribution is -2.42. The van der Waals surface area contributed by atoms with Crippen LogP contribution in [0.5, 0.6) is 0 Å². The molecule has 1 aromatic rings.